The van der Waals surface area contributed by atoms with Gasteiger partial charge in [0, 0.05) is 0 Å². The summed E-state index contributed by atoms with van der Waals surface area (Å²) < 4.78 is 159. The molecule has 0 aromatic carbocycles. The van der Waals surface area contributed by atoms with Gasteiger partial charge in [0.1, 0.15) is 0 Å². The Kier molecular flexibility index (Phi) is 30.2. The van der Waals surface area contributed by atoms with E-state index in [1.165, 1.54) is 0 Å². The maximum absolute atomic E-state index is 8.85. The first-order chi connectivity index (χ1) is 12.0. The largest absolute Gasteiger partial charge is 6.00 e. The van der Waals surface area contributed by atoms with Crippen LogP contribution in [0.4, 0.5) is 0 Å². The summed E-state index contributed by atoms with van der Waals surface area (Å²) in [4.78, 5) is 0. The van der Waals surface area contributed by atoms with Gasteiger partial charge in [0.25, 0.3) is 0 Å². The molecule has 0 aliphatic heterocycles. The first-order valence-electron chi connectivity index (χ1n) is 4.41. The maximum Gasteiger partial charge on any atom is 6.00 e. The molecular formula is H12MoN6O18S6. The van der Waals surface area contributed by atoms with Gasteiger partial charge in [0.15, 0.2) is 61.8 Å². The molecule has 192 valence electrons. The van der Waals surface area contributed by atoms with E-state index in [0.717, 1.165) is 0 Å². The van der Waals surface area contributed by atoms with Gasteiger partial charge in [0.05, 0.1) is 0 Å². The summed E-state index contributed by atoms with van der Waals surface area (Å²) in [6, 6.07) is 0. The molecule has 0 spiro atoms. The molecule has 12 N–H and O–H groups in total. The van der Waals surface area contributed by atoms with Crippen LogP contribution in [0.25, 0.3) is 0 Å². The van der Waals surface area contributed by atoms with Gasteiger partial charge in [0.2, 0.25) is 0 Å². The van der Waals surface area contributed by atoms with Gasteiger partial charge in [-0.2, -0.15) is 0 Å². The molecule has 0 saturated heterocycles. The minimum atomic E-state index is -4.42. The Hall–Kier alpha value is -0.0917. The molecule has 0 aromatic heterocycles. The zero-order valence-corrected chi connectivity index (χ0v) is 20.6. The van der Waals surface area contributed by atoms with Gasteiger partial charge in [-0.3, -0.25) is 0 Å². The fourth-order valence-corrected chi connectivity index (χ4v) is 0. The van der Waals surface area contributed by atoms with Gasteiger partial charge >= 0.3 is 21.1 Å². The van der Waals surface area contributed by atoms with Gasteiger partial charge in [-0.25, -0.2) is 81.3 Å². The van der Waals surface area contributed by atoms with Crippen molar-refractivity contribution < 1.29 is 98.9 Å². The first kappa shape index (κ1) is 48.4. The molecule has 0 saturated carbocycles. The van der Waals surface area contributed by atoms with Crippen molar-refractivity contribution in [3.63, 3.8) is 0 Å². The van der Waals surface area contributed by atoms with Crippen LogP contribution in [-0.4, -0.2) is 77.8 Å². The molecule has 0 bridgehead atoms. The Morgan fingerprint density at radius 3 is 0.290 bits per heavy atom. The van der Waals surface area contributed by atoms with Crippen molar-refractivity contribution in [3.8, 4) is 0 Å². The quantitative estimate of drug-likeness (QED) is 0.103. The first-order valence-corrected chi connectivity index (χ1v) is 13.2. The van der Waals surface area contributed by atoms with Crippen LogP contribution in [0.1, 0.15) is 0 Å². The van der Waals surface area contributed by atoms with Gasteiger partial charge in [-0.1, -0.05) is 0 Å². The topological polar surface area (TPSA) is 499 Å². The molecule has 0 aliphatic carbocycles. The van der Waals surface area contributed by atoms with E-state index < -0.39 is 61.8 Å². The van der Waals surface area contributed by atoms with Crippen molar-refractivity contribution >= 4 is 61.8 Å². The summed E-state index contributed by atoms with van der Waals surface area (Å²) in [6.07, 6.45) is 0. The zero-order chi connectivity index (χ0) is 27.0. The van der Waals surface area contributed by atoms with E-state index >= 15 is 0 Å². The molecule has 24 nitrogen and oxygen atoms in total. The minimum Gasteiger partial charge on any atom is -0.736 e. The van der Waals surface area contributed by atoms with E-state index in [1.807, 2.05) is 0 Å². The van der Waals surface area contributed by atoms with Crippen LogP contribution in [0.2, 0.25) is 0 Å². The van der Waals surface area contributed by atoms with Crippen molar-refractivity contribution in [2.45, 2.75) is 0 Å². The second-order valence-electron chi connectivity index (χ2n) is 2.96. The predicted molar refractivity (Wildman–Crippen MR) is 83.3 cm³/mol. The smallest absolute Gasteiger partial charge is 0.736 e. The second kappa shape index (κ2) is 19.4. The van der Waals surface area contributed by atoms with Crippen LogP contribution in [0, 0.1) is 0 Å². The summed E-state index contributed by atoms with van der Waals surface area (Å²) in [6.45, 7) is 0. The molecule has 0 aromatic rings. The Morgan fingerprint density at radius 2 is 0.290 bits per heavy atom. The van der Waals surface area contributed by atoms with Crippen LogP contribution < -0.4 is 30.8 Å². The summed E-state index contributed by atoms with van der Waals surface area (Å²) in [5, 5.41) is 22.6. The van der Waals surface area contributed by atoms with E-state index in [2.05, 4.69) is 30.8 Å². The van der Waals surface area contributed by atoms with Crippen molar-refractivity contribution in [2.24, 2.45) is 30.8 Å². The normalized spacial score (nSPS) is 11.2. The average molecular weight is 672 g/mol. The fourth-order valence-electron chi connectivity index (χ4n) is 0. The summed E-state index contributed by atoms with van der Waals surface area (Å²) in [5.74, 6) is 0. The number of nitrogens with two attached hydrogens (primary N) is 6. The molecule has 31 heavy (non-hydrogen) atoms. The van der Waals surface area contributed by atoms with Crippen LogP contribution in [-0.2, 0) is 82.9 Å². The average Bonchev–Trinajstić information content (AvgIpc) is 1.94. The molecule has 0 fully saturated rings. The fraction of sp³-hybridized carbons (Fsp3) is 0. The van der Waals surface area contributed by atoms with Gasteiger partial charge < -0.3 is 27.3 Å². The predicted octanol–water partition coefficient (Wildman–Crippen LogP) is -9.57. The molecule has 0 rings (SSSR count). The molecule has 0 atom stereocenters. The van der Waals surface area contributed by atoms with Crippen LogP contribution >= 0.6 is 0 Å². The van der Waals surface area contributed by atoms with Crippen molar-refractivity contribution in [3.05, 3.63) is 0 Å². The number of hydrogen-bond donors (Lipinski definition) is 6. The Bertz CT molecular complexity index is 779. The van der Waals surface area contributed by atoms with Gasteiger partial charge in [-0.15, -0.1) is 0 Å². The van der Waals surface area contributed by atoms with Crippen LogP contribution in [0.5, 0.6) is 0 Å². The third-order valence-corrected chi connectivity index (χ3v) is 0. The van der Waals surface area contributed by atoms with E-state index in [4.69, 9.17) is 77.8 Å². The van der Waals surface area contributed by atoms with Crippen LogP contribution in [0.3, 0.4) is 0 Å². The van der Waals surface area contributed by atoms with Crippen molar-refractivity contribution in [1.29, 1.82) is 0 Å². The molecule has 0 amide bonds. The SMILES string of the molecule is NS(=O)(=O)[O-].NS(=O)(=O)[O-].NS(=O)(=O)[O-].NS(=O)(=O)[O-].NS(=O)(=O)[O-].NS(=O)(=O)[O-].[Mo+6]. The molecule has 0 unspecified atom stereocenters. The minimum absolute atomic E-state index is 0. The third kappa shape index (κ3) is 2770000. The van der Waals surface area contributed by atoms with Gasteiger partial charge in [-0.05, 0) is 0 Å². The molecule has 0 heterocycles. The summed E-state index contributed by atoms with van der Waals surface area (Å²) in [5.41, 5.74) is 0. The summed E-state index contributed by atoms with van der Waals surface area (Å²) >= 11 is 0. The Balaban J connectivity index is -0.0000000443. The molecule has 0 radical (unpaired) electrons. The van der Waals surface area contributed by atoms with Crippen LogP contribution in [0.15, 0.2) is 0 Å². The standard InChI is InChI=1S/Mo.6H3NO3S/c;6*1-5(2,3)4/h;6*(H3,1,2,3,4)/q+6;;;;;;/p-6. The van der Waals surface area contributed by atoms with E-state index in [1.54, 1.807) is 0 Å². The van der Waals surface area contributed by atoms with E-state index in [-0.39, 0.29) is 21.1 Å². The zero-order valence-electron chi connectivity index (χ0n) is 13.7. The molecular weight excluding hydrogens is 660 g/mol. The number of rotatable bonds is 0. The summed E-state index contributed by atoms with van der Waals surface area (Å²) in [7, 11) is -26.5. The monoisotopic (exact) mass is 674 g/mol. The number of hydrogen-bond acceptors (Lipinski definition) is 18. The second-order valence-corrected chi connectivity index (χ2v) is 8.87. The maximum atomic E-state index is 8.85. The Morgan fingerprint density at radius 1 is 0.290 bits per heavy atom. The third-order valence-electron chi connectivity index (χ3n) is 0. The van der Waals surface area contributed by atoms with E-state index in [0.29, 0.717) is 0 Å². The molecule has 0 aliphatic rings. The van der Waals surface area contributed by atoms with E-state index in [9.17, 15) is 0 Å². The molecule has 31 heteroatoms. The van der Waals surface area contributed by atoms with Crippen molar-refractivity contribution in [1.82, 2.24) is 0 Å². The van der Waals surface area contributed by atoms with Crippen molar-refractivity contribution in [2.75, 3.05) is 0 Å². The Labute approximate surface area is 190 Å².